The van der Waals surface area contributed by atoms with Gasteiger partial charge in [-0.25, -0.2) is 8.42 Å². The van der Waals surface area contributed by atoms with Crippen molar-refractivity contribution in [2.45, 2.75) is 11.8 Å². The summed E-state index contributed by atoms with van der Waals surface area (Å²) in [6.45, 7) is 3.32. The molecule has 0 aliphatic carbocycles. The molecule has 1 rings (SSSR count). The van der Waals surface area contributed by atoms with Crippen molar-refractivity contribution in [1.82, 2.24) is 5.32 Å². The van der Waals surface area contributed by atoms with Gasteiger partial charge >= 0.3 is 0 Å². The monoisotopic (exact) mass is 257 g/mol. The van der Waals surface area contributed by atoms with Crippen molar-refractivity contribution in [3.8, 4) is 0 Å². The van der Waals surface area contributed by atoms with E-state index in [1.165, 1.54) is 18.2 Å². The minimum atomic E-state index is -2.66. The van der Waals surface area contributed by atoms with E-state index in [4.69, 9.17) is 4.74 Å². The highest BCUT2D eigenvalue weighted by atomic mass is 32.2. The first-order valence-electron chi connectivity index (χ1n) is 5.25. The van der Waals surface area contributed by atoms with Gasteiger partial charge in [-0.3, -0.25) is 4.79 Å². The number of hydrogen-bond acceptors (Lipinski definition) is 4. The number of carbonyl (C=O) groups is 1. The van der Waals surface area contributed by atoms with Gasteiger partial charge in [-0.15, -0.1) is 0 Å². The molecular formula is C11H15NO4S. The van der Waals surface area contributed by atoms with Gasteiger partial charge < -0.3 is 10.1 Å². The molecule has 0 heterocycles. The summed E-state index contributed by atoms with van der Waals surface area (Å²) in [4.78, 5) is 11.8. The first-order chi connectivity index (χ1) is 8.15. The van der Waals surface area contributed by atoms with Crippen molar-refractivity contribution < 1.29 is 17.9 Å². The molecule has 1 amide bonds. The molecule has 0 fully saturated rings. The van der Waals surface area contributed by atoms with Crippen LogP contribution in [0.5, 0.6) is 0 Å². The second-order valence-corrected chi connectivity index (χ2v) is 4.29. The van der Waals surface area contributed by atoms with Gasteiger partial charge in [0.25, 0.3) is 5.91 Å². The standard InChI is InChI=1S/C11H15NO4S/c1-2-16-7-6-12-11(13)9-4-3-5-10(8-9)17(14)15/h3-5,8,17H,2,6-7H2,1H3,(H,12,13). The Bertz CT molecular complexity index is 449. The van der Waals surface area contributed by atoms with Crippen molar-refractivity contribution >= 4 is 16.6 Å². The van der Waals surface area contributed by atoms with Gasteiger partial charge in [0.05, 0.1) is 11.5 Å². The summed E-state index contributed by atoms with van der Waals surface area (Å²) < 4.78 is 26.6. The van der Waals surface area contributed by atoms with Gasteiger partial charge in [-0.05, 0) is 25.1 Å². The molecule has 0 aliphatic rings. The van der Waals surface area contributed by atoms with Gasteiger partial charge in [0.2, 0.25) is 0 Å². The van der Waals surface area contributed by atoms with Crippen molar-refractivity contribution in [2.24, 2.45) is 0 Å². The van der Waals surface area contributed by atoms with Crippen LogP contribution in [-0.4, -0.2) is 34.1 Å². The molecule has 0 atom stereocenters. The van der Waals surface area contributed by atoms with Gasteiger partial charge in [-0.1, -0.05) is 6.07 Å². The maximum Gasteiger partial charge on any atom is 0.251 e. The molecule has 0 saturated carbocycles. The molecular weight excluding hydrogens is 242 g/mol. The highest BCUT2D eigenvalue weighted by Crippen LogP contribution is 2.06. The van der Waals surface area contributed by atoms with Crippen molar-refractivity contribution in [3.63, 3.8) is 0 Å². The van der Waals surface area contributed by atoms with E-state index >= 15 is 0 Å². The Morgan fingerprint density at radius 2 is 2.18 bits per heavy atom. The molecule has 1 aromatic rings. The van der Waals surface area contributed by atoms with Crippen LogP contribution in [0.15, 0.2) is 29.2 Å². The molecule has 5 nitrogen and oxygen atoms in total. The normalized spacial score (nSPS) is 10.5. The Balaban J connectivity index is 2.59. The van der Waals surface area contributed by atoms with Gasteiger partial charge in [0, 0.05) is 18.7 Å². The zero-order chi connectivity index (χ0) is 12.7. The zero-order valence-electron chi connectivity index (χ0n) is 9.51. The second-order valence-electron chi connectivity index (χ2n) is 3.26. The Hall–Kier alpha value is -1.40. The second kappa shape index (κ2) is 7.03. The molecule has 0 aliphatic heterocycles. The van der Waals surface area contributed by atoms with Crippen LogP contribution in [0.25, 0.3) is 0 Å². The van der Waals surface area contributed by atoms with Crippen LogP contribution in [0.3, 0.4) is 0 Å². The molecule has 94 valence electrons. The topological polar surface area (TPSA) is 72.5 Å². The molecule has 0 spiro atoms. The number of nitrogens with one attached hydrogen (secondary N) is 1. The first-order valence-corrected chi connectivity index (χ1v) is 6.43. The van der Waals surface area contributed by atoms with E-state index in [0.29, 0.717) is 25.3 Å². The quantitative estimate of drug-likeness (QED) is 0.572. The van der Waals surface area contributed by atoms with E-state index < -0.39 is 10.7 Å². The van der Waals surface area contributed by atoms with E-state index in [9.17, 15) is 13.2 Å². The van der Waals surface area contributed by atoms with Crippen LogP contribution in [0.1, 0.15) is 17.3 Å². The summed E-state index contributed by atoms with van der Waals surface area (Å²) in [5, 5.41) is 2.64. The van der Waals surface area contributed by atoms with Crippen LogP contribution < -0.4 is 5.32 Å². The summed E-state index contributed by atoms with van der Waals surface area (Å²) >= 11 is 0. The number of rotatable bonds is 6. The Kier molecular flexibility index (Phi) is 5.65. The van der Waals surface area contributed by atoms with E-state index in [1.54, 1.807) is 6.07 Å². The van der Waals surface area contributed by atoms with Gasteiger partial charge in [0.1, 0.15) is 0 Å². The summed E-state index contributed by atoms with van der Waals surface area (Å²) in [6.07, 6.45) is 0. The van der Waals surface area contributed by atoms with Gasteiger partial charge in [0.15, 0.2) is 10.7 Å². The minimum absolute atomic E-state index is 0.137. The molecule has 0 unspecified atom stereocenters. The fourth-order valence-corrected chi connectivity index (χ4v) is 1.70. The predicted octanol–water partition coefficient (Wildman–Crippen LogP) is 0.423. The number of hydrogen-bond donors (Lipinski definition) is 2. The highest BCUT2D eigenvalue weighted by molar-refractivity contribution is 7.72. The maximum atomic E-state index is 11.6. The average molecular weight is 257 g/mol. The molecule has 1 aromatic carbocycles. The lowest BCUT2D eigenvalue weighted by atomic mass is 10.2. The molecule has 0 bridgehead atoms. The van der Waals surface area contributed by atoms with E-state index in [1.807, 2.05) is 6.92 Å². The Morgan fingerprint density at radius 3 is 2.82 bits per heavy atom. The third-order valence-corrected chi connectivity index (χ3v) is 2.76. The number of thiol groups is 1. The fraction of sp³-hybridized carbons (Fsp3) is 0.364. The largest absolute Gasteiger partial charge is 0.380 e. The SMILES string of the molecule is CCOCCNC(=O)c1cccc([SH](=O)=O)c1. The van der Waals surface area contributed by atoms with E-state index in [-0.39, 0.29) is 10.8 Å². The number of ether oxygens (including phenoxy) is 1. The van der Waals surface area contributed by atoms with Crippen LogP contribution in [0.4, 0.5) is 0 Å². The van der Waals surface area contributed by atoms with E-state index in [2.05, 4.69) is 5.32 Å². The molecule has 0 aromatic heterocycles. The van der Waals surface area contributed by atoms with Crippen LogP contribution in [0.2, 0.25) is 0 Å². The zero-order valence-corrected chi connectivity index (χ0v) is 10.4. The molecule has 1 N–H and O–H groups in total. The highest BCUT2D eigenvalue weighted by Gasteiger charge is 2.06. The fourth-order valence-electron chi connectivity index (χ4n) is 1.24. The van der Waals surface area contributed by atoms with Crippen molar-refractivity contribution in [2.75, 3.05) is 19.8 Å². The van der Waals surface area contributed by atoms with E-state index in [0.717, 1.165) is 0 Å². The number of amides is 1. The lowest BCUT2D eigenvalue weighted by molar-refractivity contribution is 0.0922. The first kappa shape index (κ1) is 13.7. The van der Waals surface area contributed by atoms with Crippen LogP contribution in [-0.2, 0) is 15.4 Å². The van der Waals surface area contributed by atoms with Crippen molar-refractivity contribution in [3.05, 3.63) is 29.8 Å². The van der Waals surface area contributed by atoms with Crippen molar-refractivity contribution in [1.29, 1.82) is 0 Å². The predicted molar refractivity (Wildman–Crippen MR) is 63.8 cm³/mol. The average Bonchev–Trinajstić information content (AvgIpc) is 2.34. The molecule has 0 radical (unpaired) electrons. The Morgan fingerprint density at radius 1 is 1.41 bits per heavy atom. The lowest BCUT2D eigenvalue weighted by Gasteiger charge is -2.05. The summed E-state index contributed by atoms with van der Waals surface area (Å²) in [5.74, 6) is -0.302. The third-order valence-electron chi connectivity index (χ3n) is 2.06. The van der Waals surface area contributed by atoms with Gasteiger partial charge in [-0.2, -0.15) is 0 Å². The summed E-state index contributed by atoms with van der Waals surface area (Å²) in [6, 6.07) is 5.90. The van der Waals surface area contributed by atoms with Crippen LogP contribution in [0, 0.1) is 0 Å². The molecule has 17 heavy (non-hydrogen) atoms. The number of carbonyl (C=O) groups excluding carboxylic acids is 1. The third kappa shape index (κ3) is 4.54. The molecule has 0 saturated heterocycles. The lowest BCUT2D eigenvalue weighted by Crippen LogP contribution is -2.27. The summed E-state index contributed by atoms with van der Waals surface area (Å²) in [5.41, 5.74) is 0.332. The smallest absolute Gasteiger partial charge is 0.251 e. The Labute approximate surface area is 102 Å². The minimum Gasteiger partial charge on any atom is -0.380 e. The van der Waals surface area contributed by atoms with Crippen LogP contribution >= 0.6 is 0 Å². The molecule has 6 heteroatoms. The maximum absolute atomic E-state index is 11.6. The number of benzene rings is 1. The summed E-state index contributed by atoms with van der Waals surface area (Å²) in [7, 11) is -2.66.